The fourth-order valence-corrected chi connectivity index (χ4v) is 3.48. The lowest BCUT2D eigenvalue weighted by atomic mass is 10.4. The van der Waals surface area contributed by atoms with E-state index in [1.54, 1.807) is 11.3 Å². The first kappa shape index (κ1) is 11.7. The zero-order valence-corrected chi connectivity index (χ0v) is 11.1. The van der Waals surface area contributed by atoms with Gasteiger partial charge >= 0.3 is 0 Å². The molecule has 0 unspecified atom stereocenters. The average Bonchev–Trinajstić information content (AvgIpc) is 2.85. The van der Waals surface area contributed by atoms with Crippen LogP contribution in [0, 0.1) is 13.8 Å². The fourth-order valence-electron chi connectivity index (χ4n) is 1.33. The van der Waals surface area contributed by atoms with Gasteiger partial charge in [0.1, 0.15) is 4.34 Å². The smallest absolute Gasteiger partial charge is 0.150 e. The minimum atomic E-state index is 1.04. The van der Waals surface area contributed by atoms with Gasteiger partial charge in [-0.15, -0.1) is 11.3 Å². The van der Waals surface area contributed by atoms with Crippen molar-refractivity contribution in [2.45, 2.75) is 31.2 Å². The largest absolute Gasteiger partial charge is 0.337 e. The number of rotatable bonds is 5. The molecular weight excluding hydrogens is 238 g/mol. The van der Waals surface area contributed by atoms with Gasteiger partial charge in [-0.05, 0) is 20.3 Å². The van der Waals surface area contributed by atoms with Crippen molar-refractivity contribution in [3.05, 3.63) is 29.3 Å². The number of nitrogens with zero attached hydrogens (tertiary/aromatic N) is 3. The minimum absolute atomic E-state index is 1.04. The van der Waals surface area contributed by atoms with E-state index in [0.29, 0.717) is 0 Å². The van der Waals surface area contributed by atoms with Crippen molar-refractivity contribution in [3.8, 4) is 0 Å². The predicted octanol–water partition coefficient (Wildman–Crippen LogP) is 3.14. The molecule has 86 valence electrons. The summed E-state index contributed by atoms with van der Waals surface area (Å²) >= 11 is 3.65. The van der Waals surface area contributed by atoms with E-state index >= 15 is 0 Å². The molecule has 2 aromatic rings. The molecule has 0 fully saturated rings. The summed E-state index contributed by atoms with van der Waals surface area (Å²) in [4.78, 5) is 9.86. The van der Waals surface area contributed by atoms with Crippen molar-refractivity contribution in [2.75, 3.05) is 5.75 Å². The van der Waals surface area contributed by atoms with Gasteiger partial charge < -0.3 is 4.57 Å². The third-order valence-corrected chi connectivity index (χ3v) is 4.66. The number of imidazole rings is 1. The number of hydrogen-bond donors (Lipinski definition) is 0. The van der Waals surface area contributed by atoms with Gasteiger partial charge in [0, 0.05) is 29.6 Å². The van der Waals surface area contributed by atoms with Crippen molar-refractivity contribution in [3.63, 3.8) is 0 Å². The molecule has 0 bridgehead atoms. The van der Waals surface area contributed by atoms with Gasteiger partial charge in [0.05, 0.1) is 12.0 Å². The standard InChI is InChI=1S/C11H15N3S2/c1-9-10(2)16-11(13-9)15-7-3-5-14-6-4-12-8-14/h4,6,8H,3,5,7H2,1-2H3. The molecule has 0 amide bonds. The second kappa shape index (κ2) is 5.50. The maximum atomic E-state index is 4.51. The first-order chi connectivity index (χ1) is 7.75. The maximum absolute atomic E-state index is 4.51. The Balaban J connectivity index is 1.72. The summed E-state index contributed by atoms with van der Waals surface area (Å²) < 4.78 is 3.31. The Hall–Kier alpha value is -0.810. The molecule has 0 radical (unpaired) electrons. The summed E-state index contributed by atoms with van der Waals surface area (Å²) in [5.74, 6) is 1.12. The van der Waals surface area contributed by atoms with Gasteiger partial charge in [-0.1, -0.05) is 11.8 Å². The molecule has 5 heteroatoms. The summed E-state index contributed by atoms with van der Waals surface area (Å²) in [6.07, 6.45) is 6.84. The second-order valence-corrected chi connectivity index (χ2v) is 6.17. The van der Waals surface area contributed by atoms with Gasteiger partial charge in [0.15, 0.2) is 0 Å². The number of aromatic nitrogens is 3. The van der Waals surface area contributed by atoms with E-state index in [4.69, 9.17) is 0 Å². The van der Waals surface area contributed by atoms with Crippen LogP contribution in [0.25, 0.3) is 0 Å². The molecule has 0 atom stereocenters. The van der Waals surface area contributed by atoms with Crippen molar-refractivity contribution >= 4 is 23.1 Å². The summed E-state index contributed by atoms with van der Waals surface area (Å²) in [6.45, 7) is 5.24. The van der Waals surface area contributed by atoms with Crippen LogP contribution >= 0.6 is 23.1 Å². The van der Waals surface area contributed by atoms with E-state index in [1.807, 2.05) is 30.5 Å². The predicted molar refractivity (Wildman–Crippen MR) is 69.2 cm³/mol. The summed E-state index contributed by atoms with van der Waals surface area (Å²) in [5.41, 5.74) is 1.17. The highest BCUT2D eigenvalue weighted by Crippen LogP contribution is 2.26. The fraction of sp³-hybridized carbons (Fsp3) is 0.455. The third-order valence-electron chi connectivity index (χ3n) is 2.35. The SMILES string of the molecule is Cc1nc(SCCCn2ccnc2)sc1C. The molecule has 0 saturated carbocycles. The monoisotopic (exact) mass is 253 g/mol. The van der Waals surface area contributed by atoms with Crippen LogP contribution in [0.5, 0.6) is 0 Å². The van der Waals surface area contributed by atoms with Gasteiger partial charge in [0.25, 0.3) is 0 Å². The number of hydrogen-bond acceptors (Lipinski definition) is 4. The highest BCUT2D eigenvalue weighted by molar-refractivity contribution is 8.01. The first-order valence-corrected chi connectivity index (χ1v) is 7.08. The van der Waals surface area contributed by atoms with Gasteiger partial charge in [0.2, 0.25) is 0 Å². The quantitative estimate of drug-likeness (QED) is 0.606. The second-order valence-electron chi connectivity index (χ2n) is 3.62. The van der Waals surface area contributed by atoms with E-state index in [1.165, 1.54) is 14.9 Å². The van der Waals surface area contributed by atoms with E-state index in [9.17, 15) is 0 Å². The van der Waals surface area contributed by atoms with E-state index < -0.39 is 0 Å². The molecule has 2 aromatic heterocycles. The number of aryl methyl sites for hydroxylation is 3. The Morgan fingerprint density at radius 1 is 1.44 bits per heavy atom. The van der Waals surface area contributed by atoms with Gasteiger partial charge in [-0.25, -0.2) is 9.97 Å². The highest BCUT2D eigenvalue weighted by Gasteiger charge is 2.03. The van der Waals surface area contributed by atoms with E-state index in [-0.39, 0.29) is 0 Å². The van der Waals surface area contributed by atoms with Crippen LogP contribution in [-0.2, 0) is 6.54 Å². The van der Waals surface area contributed by atoms with Crippen molar-refractivity contribution in [2.24, 2.45) is 0 Å². The topological polar surface area (TPSA) is 30.7 Å². The van der Waals surface area contributed by atoms with Crippen LogP contribution in [0.2, 0.25) is 0 Å². The lowest BCUT2D eigenvalue weighted by molar-refractivity contribution is 0.683. The molecule has 2 heterocycles. The summed E-state index contributed by atoms with van der Waals surface area (Å²) in [7, 11) is 0. The highest BCUT2D eigenvalue weighted by atomic mass is 32.2. The third kappa shape index (κ3) is 3.09. The Morgan fingerprint density at radius 2 is 2.31 bits per heavy atom. The Labute approximate surface area is 104 Å². The molecule has 0 aliphatic heterocycles. The van der Waals surface area contributed by atoms with E-state index in [2.05, 4.69) is 28.4 Å². The molecule has 2 rings (SSSR count). The molecule has 0 aliphatic rings. The van der Waals surface area contributed by atoms with Crippen LogP contribution in [-0.4, -0.2) is 20.3 Å². The zero-order chi connectivity index (χ0) is 11.4. The normalized spacial score (nSPS) is 10.9. The van der Waals surface area contributed by atoms with Crippen molar-refractivity contribution < 1.29 is 0 Å². The lowest BCUT2D eigenvalue weighted by Crippen LogP contribution is -1.95. The van der Waals surface area contributed by atoms with Crippen LogP contribution in [0.1, 0.15) is 17.0 Å². The molecule has 0 aromatic carbocycles. The zero-order valence-electron chi connectivity index (χ0n) is 9.51. The summed E-state index contributed by atoms with van der Waals surface area (Å²) in [6, 6.07) is 0. The Bertz CT molecular complexity index is 415. The Morgan fingerprint density at radius 3 is 2.94 bits per heavy atom. The molecule has 0 N–H and O–H groups in total. The molecule has 0 saturated heterocycles. The maximum Gasteiger partial charge on any atom is 0.150 e. The van der Waals surface area contributed by atoms with Gasteiger partial charge in [-0.3, -0.25) is 0 Å². The molecule has 0 aliphatic carbocycles. The molecular formula is C11H15N3S2. The van der Waals surface area contributed by atoms with Crippen LogP contribution < -0.4 is 0 Å². The van der Waals surface area contributed by atoms with Crippen molar-refractivity contribution in [1.82, 2.24) is 14.5 Å². The minimum Gasteiger partial charge on any atom is -0.337 e. The Kier molecular flexibility index (Phi) is 4.01. The molecule has 16 heavy (non-hydrogen) atoms. The first-order valence-electron chi connectivity index (χ1n) is 5.28. The lowest BCUT2D eigenvalue weighted by Gasteiger charge is -2.00. The molecule has 0 spiro atoms. The number of thioether (sulfide) groups is 1. The van der Waals surface area contributed by atoms with Crippen LogP contribution in [0.15, 0.2) is 23.1 Å². The van der Waals surface area contributed by atoms with E-state index in [0.717, 1.165) is 18.7 Å². The van der Waals surface area contributed by atoms with Crippen LogP contribution in [0.3, 0.4) is 0 Å². The van der Waals surface area contributed by atoms with Crippen LogP contribution in [0.4, 0.5) is 0 Å². The van der Waals surface area contributed by atoms with Gasteiger partial charge in [-0.2, -0.15) is 0 Å². The number of thiazole rings is 1. The van der Waals surface area contributed by atoms with Crippen molar-refractivity contribution in [1.29, 1.82) is 0 Å². The molecule has 3 nitrogen and oxygen atoms in total. The summed E-state index contributed by atoms with van der Waals surface area (Å²) in [5, 5.41) is 0. The average molecular weight is 253 g/mol.